The molecule has 0 radical (unpaired) electrons. The molecule has 3 heterocycles. The van der Waals surface area contributed by atoms with E-state index >= 15 is 0 Å². The van der Waals surface area contributed by atoms with Crippen LogP contribution in [0.4, 0.5) is 0 Å². The van der Waals surface area contributed by atoms with E-state index in [9.17, 15) is 9.59 Å². The number of rotatable bonds is 5. The molecule has 0 N–H and O–H groups in total. The van der Waals surface area contributed by atoms with Crippen molar-refractivity contribution in [1.82, 2.24) is 23.1 Å². The Kier molecular flexibility index (Phi) is 4.31. The molecule has 4 aromatic rings. The molecule has 0 aliphatic carbocycles. The van der Waals surface area contributed by atoms with Gasteiger partial charge in [0.15, 0.2) is 11.2 Å². The zero-order chi connectivity index (χ0) is 20.0. The van der Waals surface area contributed by atoms with Crippen LogP contribution in [0.5, 0.6) is 5.75 Å². The smallest absolute Gasteiger partial charge is 0.332 e. The lowest BCUT2D eigenvalue weighted by atomic mass is 10.3. The Morgan fingerprint density at radius 1 is 1.11 bits per heavy atom. The number of benzene rings is 1. The summed E-state index contributed by atoms with van der Waals surface area (Å²) in [5, 5.41) is 0. The summed E-state index contributed by atoms with van der Waals surface area (Å²) in [6, 6.07) is 7.56. The summed E-state index contributed by atoms with van der Waals surface area (Å²) in [5.41, 5.74) is 1.71. The number of hydrogen-bond donors (Lipinski definition) is 0. The quantitative estimate of drug-likeness (QED) is 0.515. The lowest BCUT2D eigenvalue weighted by Crippen LogP contribution is -2.40. The second-order valence-electron chi connectivity index (χ2n) is 6.55. The second-order valence-corrected chi connectivity index (χ2v) is 6.55. The molecule has 0 unspecified atom stereocenters. The number of imidazole rings is 2. The average Bonchev–Trinajstić information content (AvgIpc) is 3.21. The Morgan fingerprint density at radius 3 is 2.46 bits per heavy atom. The van der Waals surface area contributed by atoms with E-state index in [1.54, 1.807) is 18.6 Å². The minimum absolute atomic E-state index is 0.184. The van der Waals surface area contributed by atoms with Crippen molar-refractivity contribution in [2.75, 3.05) is 20.8 Å². The molecule has 4 rings (SSSR count). The first-order valence-corrected chi connectivity index (χ1v) is 8.81. The predicted molar refractivity (Wildman–Crippen MR) is 105 cm³/mol. The van der Waals surface area contributed by atoms with Crippen LogP contribution in [0, 0.1) is 6.92 Å². The summed E-state index contributed by atoms with van der Waals surface area (Å²) in [4.78, 5) is 30.2. The fraction of sp³-hybridized carbons (Fsp3) is 0.316. The van der Waals surface area contributed by atoms with Gasteiger partial charge in [0.05, 0.1) is 20.3 Å². The molecule has 0 amide bonds. The first-order chi connectivity index (χ1) is 13.5. The van der Waals surface area contributed by atoms with Gasteiger partial charge in [-0.05, 0) is 31.2 Å². The van der Waals surface area contributed by atoms with E-state index in [4.69, 9.17) is 9.47 Å². The summed E-state index contributed by atoms with van der Waals surface area (Å²) in [7, 11) is 4.76. The van der Waals surface area contributed by atoms with E-state index in [2.05, 4.69) is 4.98 Å². The van der Waals surface area contributed by atoms with Crippen LogP contribution < -0.4 is 16.0 Å². The summed E-state index contributed by atoms with van der Waals surface area (Å²) in [6.07, 6.45) is 1.85. The van der Waals surface area contributed by atoms with Crippen molar-refractivity contribution in [3.63, 3.8) is 0 Å². The van der Waals surface area contributed by atoms with E-state index in [-0.39, 0.29) is 18.7 Å². The molecule has 3 aromatic heterocycles. The minimum Gasteiger partial charge on any atom is -0.497 e. The minimum atomic E-state index is -0.414. The van der Waals surface area contributed by atoms with E-state index in [0.29, 0.717) is 16.9 Å². The van der Waals surface area contributed by atoms with E-state index in [1.807, 2.05) is 42.0 Å². The zero-order valence-electron chi connectivity index (χ0n) is 16.2. The molecule has 146 valence electrons. The molecule has 1 aromatic carbocycles. The van der Waals surface area contributed by atoms with Gasteiger partial charge in [0.1, 0.15) is 5.75 Å². The Labute approximate surface area is 160 Å². The lowest BCUT2D eigenvalue weighted by molar-refractivity contribution is 0.184. The third-order valence-electron chi connectivity index (χ3n) is 4.88. The topological polar surface area (TPSA) is 84.7 Å². The van der Waals surface area contributed by atoms with E-state index < -0.39 is 5.69 Å². The van der Waals surface area contributed by atoms with Crippen LogP contribution >= 0.6 is 0 Å². The van der Waals surface area contributed by atoms with Gasteiger partial charge in [-0.1, -0.05) is 0 Å². The van der Waals surface area contributed by atoms with Crippen LogP contribution in [0.3, 0.4) is 0 Å². The number of fused-ring (bicyclic) bond motifs is 3. The number of hydrogen-bond acceptors (Lipinski definition) is 5. The van der Waals surface area contributed by atoms with Gasteiger partial charge in [0.2, 0.25) is 5.78 Å². The molecule has 0 aliphatic heterocycles. The standard InChI is InChI=1S/C19H21N5O4/c1-12-11-23-15-16(21(2)19(26)22(17(15)25)9-10-27-3)20-18(23)24(12)13-5-7-14(28-4)8-6-13/h5-8,11H,9-10H2,1-4H3. The molecule has 0 bridgehead atoms. The summed E-state index contributed by atoms with van der Waals surface area (Å²) >= 11 is 0. The van der Waals surface area contributed by atoms with Gasteiger partial charge in [0.25, 0.3) is 5.56 Å². The van der Waals surface area contributed by atoms with Crippen molar-refractivity contribution in [3.8, 4) is 11.4 Å². The van der Waals surface area contributed by atoms with Crippen molar-refractivity contribution in [3.05, 3.63) is 57.0 Å². The lowest BCUT2D eigenvalue weighted by Gasteiger charge is -2.07. The van der Waals surface area contributed by atoms with Gasteiger partial charge >= 0.3 is 5.69 Å². The molecule has 9 heteroatoms. The highest BCUT2D eigenvalue weighted by molar-refractivity contribution is 5.76. The Bertz CT molecular complexity index is 1290. The Hall–Kier alpha value is -3.33. The molecule has 0 aliphatic rings. The van der Waals surface area contributed by atoms with E-state index in [0.717, 1.165) is 17.1 Å². The van der Waals surface area contributed by atoms with Crippen LogP contribution in [-0.2, 0) is 18.3 Å². The van der Waals surface area contributed by atoms with Gasteiger partial charge in [-0.2, -0.15) is 4.98 Å². The van der Waals surface area contributed by atoms with Gasteiger partial charge in [0, 0.05) is 31.7 Å². The number of aryl methyl sites for hydroxylation is 2. The second kappa shape index (κ2) is 6.68. The SMILES string of the molecule is COCCn1c(=O)c2c(nc3n(-c4ccc(OC)cc4)c(C)cn23)n(C)c1=O. The largest absolute Gasteiger partial charge is 0.497 e. The molecule has 28 heavy (non-hydrogen) atoms. The zero-order valence-corrected chi connectivity index (χ0v) is 16.2. The van der Waals surface area contributed by atoms with Crippen LogP contribution in [-0.4, -0.2) is 43.9 Å². The summed E-state index contributed by atoms with van der Waals surface area (Å²) in [5.74, 6) is 1.32. The predicted octanol–water partition coefficient (Wildman–Crippen LogP) is 1.10. The summed E-state index contributed by atoms with van der Waals surface area (Å²) < 4.78 is 16.5. The highest BCUT2D eigenvalue weighted by Crippen LogP contribution is 2.22. The van der Waals surface area contributed by atoms with Crippen molar-refractivity contribution >= 4 is 16.9 Å². The molecule has 9 nitrogen and oxygen atoms in total. The third-order valence-corrected chi connectivity index (χ3v) is 4.88. The van der Waals surface area contributed by atoms with Crippen LogP contribution in [0.1, 0.15) is 5.69 Å². The van der Waals surface area contributed by atoms with Gasteiger partial charge < -0.3 is 9.47 Å². The summed E-state index contributed by atoms with van der Waals surface area (Å²) in [6.45, 7) is 2.40. The number of ether oxygens (including phenoxy) is 2. The van der Waals surface area contributed by atoms with Crippen molar-refractivity contribution in [2.24, 2.45) is 7.05 Å². The Balaban J connectivity index is 2.03. The molecule has 0 saturated carbocycles. The first kappa shape index (κ1) is 18.1. The average molecular weight is 383 g/mol. The van der Waals surface area contributed by atoms with Crippen LogP contribution in [0.2, 0.25) is 0 Å². The number of methoxy groups -OCH3 is 2. The van der Waals surface area contributed by atoms with Crippen LogP contribution in [0.15, 0.2) is 40.1 Å². The normalized spacial score (nSPS) is 11.6. The van der Waals surface area contributed by atoms with Crippen molar-refractivity contribution < 1.29 is 9.47 Å². The molecule has 0 saturated heterocycles. The van der Waals surface area contributed by atoms with Crippen molar-refractivity contribution in [1.29, 1.82) is 0 Å². The fourth-order valence-corrected chi connectivity index (χ4v) is 3.44. The van der Waals surface area contributed by atoms with Gasteiger partial charge in [-0.3, -0.25) is 22.9 Å². The molecule has 0 atom stereocenters. The maximum atomic E-state index is 13.0. The van der Waals surface area contributed by atoms with E-state index in [1.165, 1.54) is 16.2 Å². The fourth-order valence-electron chi connectivity index (χ4n) is 3.44. The maximum Gasteiger partial charge on any atom is 0.332 e. The molecular formula is C19H21N5O4. The molecular weight excluding hydrogens is 362 g/mol. The molecule has 0 fully saturated rings. The highest BCUT2D eigenvalue weighted by Gasteiger charge is 2.20. The number of nitrogens with zero attached hydrogens (tertiary/aromatic N) is 5. The van der Waals surface area contributed by atoms with Gasteiger partial charge in [-0.25, -0.2) is 4.79 Å². The monoisotopic (exact) mass is 383 g/mol. The number of aromatic nitrogens is 5. The first-order valence-electron chi connectivity index (χ1n) is 8.81. The van der Waals surface area contributed by atoms with Crippen LogP contribution in [0.25, 0.3) is 22.6 Å². The maximum absolute atomic E-state index is 13.0. The van der Waals surface area contributed by atoms with Gasteiger partial charge in [-0.15, -0.1) is 0 Å². The highest BCUT2D eigenvalue weighted by atomic mass is 16.5. The molecule has 0 spiro atoms. The third kappa shape index (κ3) is 2.55. The Morgan fingerprint density at radius 2 is 1.82 bits per heavy atom. The van der Waals surface area contributed by atoms with Crippen molar-refractivity contribution in [2.45, 2.75) is 13.5 Å².